The molecule has 1 aliphatic heterocycles. The average molecular weight is 462 g/mol. The van der Waals surface area contributed by atoms with Crippen LogP contribution in [0, 0.1) is 0 Å². The molecule has 1 fully saturated rings. The molecule has 6 N–H and O–H groups in total. The van der Waals surface area contributed by atoms with Gasteiger partial charge in [0.25, 0.3) is 0 Å². The van der Waals surface area contributed by atoms with Gasteiger partial charge < -0.3 is 49.3 Å². The predicted octanol–water partition coefficient (Wildman–Crippen LogP) is 0.0585. The maximum Gasteiger partial charge on any atom is 0.229 e. The number of hydrogen-bond donors (Lipinski definition) is 6. The van der Waals surface area contributed by atoms with Crippen LogP contribution in [0.1, 0.15) is 0 Å². The largest absolute Gasteiger partial charge is 0.508 e. The first-order valence-electron chi connectivity index (χ1n) is 9.88. The highest BCUT2D eigenvalue weighted by Gasteiger charge is 2.44. The number of aromatic hydroxyl groups is 2. The van der Waals surface area contributed by atoms with E-state index in [0.29, 0.717) is 0 Å². The summed E-state index contributed by atoms with van der Waals surface area (Å²) in [6.45, 7) is -0.617. The third-order valence-corrected chi connectivity index (χ3v) is 5.41. The van der Waals surface area contributed by atoms with Crippen molar-refractivity contribution in [2.45, 2.75) is 30.7 Å². The van der Waals surface area contributed by atoms with Gasteiger partial charge in [-0.05, 0) is 12.1 Å². The molecule has 11 heteroatoms. The Bertz CT molecular complexity index is 1220. The van der Waals surface area contributed by atoms with Crippen LogP contribution >= 0.6 is 0 Å². The van der Waals surface area contributed by atoms with Crippen LogP contribution < -0.4 is 14.9 Å². The Kier molecular flexibility index (Phi) is 6.15. The second-order valence-corrected chi connectivity index (χ2v) is 7.49. The van der Waals surface area contributed by atoms with Crippen LogP contribution in [0.3, 0.4) is 0 Å². The zero-order valence-corrected chi connectivity index (χ0v) is 17.3. The summed E-state index contributed by atoms with van der Waals surface area (Å²) >= 11 is 0. The maximum atomic E-state index is 13.2. The number of aliphatic hydroxyl groups is 4. The van der Waals surface area contributed by atoms with Crippen LogP contribution in [0.15, 0.2) is 45.8 Å². The molecule has 176 valence electrons. The number of phenolic OH excluding ortho intramolecular Hbond substituents is 2. The molecule has 1 aliphatic rings. The van der Waals surface area contributed by atoms with Crippen LogP contribution in [-0.4, -0.2) is 75.1 Å². The molecule has 5 atom stereocenters. The molecule has 2 aromatic carbocycles. The lowest BCUT2D eigenvalue weighted by atomic mass is 9.99. The standard InChI is InChI=1S/C22H22O11/c1-30-14-5-10(32-22-21(29)20(28)19(27)16(7-23)33-22)6-15-17(14)18(26)12(8-31-15)11-3-2-9(24)4-13(11)25/h2-6,8,16,19-25,27-29H,7H2,1H3/t16-,19-,20+,21-,22-/m1/s1. The summed E-state index contributed by atoms with van der Waals surface area (Å²) in [5.41, 5.74) is -0.289. The summed E-state index contributed by atoms with van der Waals surface area (Å²) in [5, 5.41) is 59.0. The molecule has 4 rings (SSSR count). The molecule has 33 heavy (non-hydrogen) atoms. The van der Waals surface area contributed by atoms with E-state index in [1.54, 1.807) is 0 Å². The first kappa shape index (κ1) is 22.8. The van der Waals surface area contributed by atoms with Crippen molar-refractivity contribution in [3.05, 3.63) is 46.8 Å². The number of fused-ring (bicyclic) bond motifs is 1. The van der Waals surface area contributed by atoms with Gasteiger partial charge in [-0.1, -0.05) is 0 Å². The molecule has 0 spiro atoms. The monoisotopic (exact) mass is 462 g/mol. The molecule has 0 radical (unpaired) electrons. The van der Waals surface area contributed by atoms with E-state index < -0.39 is 42.7 Å². The summed E-state index contributed by atoms with van der Waals surface area (Å²) in [7, 11) is 1.32. The highest BCUT2D eigenvalue weighted by molar-refractivity contribution is 5.89. The lowest BCUT2D eigenvalue weighted by Gasteiger charge is -2.39. The van der Waals surface area contributed by atoms with Crippen molar-refractivity contribution < 1.29 is 49.3 Å². The smallest absolute Gasteiger partial charge is 0.229 e. The van der Waals surface area contributed by atoms with E-state index in [9.17, 15) is 35.4 Å². The van der Waals surface area contributed by atoms with Crippen LogP contribution in [0.5, 0.6) is 23.0 Å². The van der Waals surface area contributed by atoms with Crippen molar-refractivity contribution in [2.24, 2.45) is 0 Å². The van der Waals surface area contributed by atoms with E-state index in [1.807, 2.05) is 0 Å². The molecule has 3 aromatic rings. The molecule has 1 saturated heterocycles. The molecule has 0 saturated carbocycles. The van der Waals surface area contributed by atoms with Crippen molar-refractivity contribution in [1.29, 1.82) is 0 Å². The summed E-state index contributed by atoms with van der Waals surface area (Å²) < 4.78 is 21.8. The van der Waals surface area contributed by atoms with Crippen LogP contribution in [-0.2, 0) is 4.74 Å². The fraction of sp³-hybridized carbons (Fsp3) is 0.318. The molecule has 2 heterocycles. The van der Waals surface area contributed by atoms with E-state index in [-0.39, 0.29) is 45.1 Å². The highest BCUT2D eigenvalue weighted by atomic mass is 16.7. The first-order valence-corrected chi connectivity index (χ1v) is 9.88. The van der Waals surface area contributed by atoms with E-state index in [4.69, 9.17) is 18.6 Å². The Morgan fingerprint density at radius 1 is 1.00 bits per heavy atom. The van der Waals surface area contributed by atoms with Crippen LogP contribution in [0.25, 0.3) is 22.1 Å². The zero-order chi connectivity index (χ0) is 23.9. The Labute approximate surface area is 186 Å². The van der Waals surface area contributed by atoms with Gasteiger partial charge in [0.2, 0.25) is 11.7 Å². The second kappa shape index (κ2) is 8.89. The average Bonchev–Trinajstić information content (AvgIpc) is 2.79. The first-order chi connectivity index (χ1) is 15.7. The lowest BCUT2D eigenvalue weighted by molar-refractivity contribution is -0.277. The Hall–Kier alpha value is -3.35. The predicted molar refractivity (Wildman–Crippen MR) is 112 cm³/mol. The number of methoxy groups -OCH3 is 1. The fourth-order valence-electron chi connectivity index (χ4n) is 3.65. The third kappa shape index (κ3) is 4.08. The maximum absolute atomic E-state index is 13.2. The van der Waals surface area contributed by atoms with Gasteiger partial charge >= 0.3 is 0 Å². The summed E-state index contributed by atoms with van der Waals surface area (Å²) in [6.07, 6.45) is -6.26. The zero-order valence-electron chi connectivity index (χ0n) is 17.3. The molecule has 1 aromatic heterocycles. The van der Waals surface area contributed by atoms with Crippen molar-refractivity contribution >= 4 is 11.0 Å². The van der Waals surface area contributed by atoms with E-state index >= 15 is 0 Å². The molecule has 0 aliphatic carbocycles. The minimum atomic E-state index is -1.63. The third-order valence-electron chi connectivity index (χ3n) is 5.41. The molecular formula is C22H22O11. The van der Waals surface area contributed by atoms with Gasteiger partial charge in [-0.3, -0.25) is 4.79 Å². The van der Waals surface area contributed by atoms with Gasteiger partial charge in [0.05, 0.1) is 19.3 Å². The highest BCUT2D eigenvalue weighted by Crippen LogP contribution is 2.35. The van der Waals surface area contributed by atoms with Gasteiger partial charge in [-0.25, -0.2) is 0 Å². The van der Waals surface area contributed by atoms with E-state index in [2.05, 4.69) is 0 Å². The van der Waals surface area contributed by atoms with Gasteiger partial charge in [-0.15, -0.1) is 0 Å². The molecule has 0 bridgehead atoms. The van der Waals surface area contributed by atoms with Crippen molar-refractivity contribution in [3.8, 4) is 34.1 Å². The lowest BCUT2D eigenvalue weighted by Crippen LogP contribution is -2.60. The van der Waals surface area contributed by atoms with Gasteiger partial charge in [0.1, 0.15) is 64.6 Å². The number of aliphatic hydroxyl groups excluding tert-OH is 4. The number of benzene rings is 2. The van der Waals surface area contributed by atoms with E-state index in [1.165, 1.54) is 31.4 Å². The normalized spacial score (nSPS) is 25.2. The fourth-order valence-corrected chi connectivity index (χ4v) is 3.65. The van der Waals surface area contributed by atoms with Crippen LogP contribution in [0.2, 0.25) is 0 Å². The summed E-state index contributed by atoms with van der Waals surface area (Å²) in [4.78, 5) is 13.2. The minimum Gasteiger partial charge on any atom is -0.508 e. The topological polar surface area (TPSA) is 179 Å². The SMILES string of the molecule is COc1cc(O[C@@H]2O[C@H](CO)[C@@H](O)[C@H](O)[C@H]2O)cc2occ(-c3ccc(O)cc3O)c(=O)c12. The molecular weight excluding hydrogens is 440 g/mol. The van der Waals surface area contributed by atoms with Crippen molar-refractivity contribution in [2.75, 3.05) is 13.7 Å². The van der Waals surface area contributed by atoms with Crippen molar-refractivity contribution in [1.82, 2.24) is 0 Å². The second-order valence-electron chi connectivity index (χ2n) is 7.49. The molecule has 0 unspecified atom stereocenters. The van der Waals surface area contributed by atoms with Crippen LogP contribution in [0.4, 0.5) is 0 Å². The number of phenols is 2. The van der Waals surface area contributed by atoms with Gasteiger partial charge in [0.15, 0.2) is 0 Å². The number of hydrogen-bond acceptors (Lipinski definition) is 11. The Balaban J connectivity index is 1.73. The minimum absolute atomic E-state index is 0.0286. The van der Waals surface area contributed by atoms with Gasteiger partial charge in [-0.2, -0.15) is 0 Å². The Morgan fingerprint density at radius 3 is 2.42 bits per heavy atom. The Morgan fingerprint density at radius 2 is 1.76 bits per heavy atom. The molecule has 0 amide bonds. The van der Waals surface area contributed by atoms with Gasteiger partial charge in [0, 0.05) is 23.8 Å². The summed E-state index contributed by atoms with van der Waals surface area (Å²) in [5.74, 6) is -0.384. The quantitative estimate of drug-likeness (QED) is 0.302. The number of ether oxygens (including phenoxy) is 3. The van der Waals surface area contributed by atoms with Crippen molar-refractivity contribution in [3.63, 3.8) is 0 Å². The molecule has 11 nitrogen and oxygen atoms in total. The van der Waals surface area contributed by atoms with E-state index in [0.717, 1.165) is 12.3 Å². The summed E-state index contributed by atoms with van der Waals surface area (Å²) in [6, 6.07) is 6.44. The number of rotatable bonds is 5.